The Morgan fingerprint density at radius 3 is 1.10 bits per heavy atom. The molecule has 0 saturated heterocycles. The Hall–Kier alpha value is -1.92. The molecule has 2 unspecified atom stereocenters. The van der Waals surface area contributed by atoms with Crippen LogP contribution in [0.1, 0.15) is 335 Å². The first-order chi connectivity index (χ1) is 34.5. The summed E-state index contributed by atoms with van der Waals surface area (Å²) in [6, 6.07) is -0.642. The smallest absolute Gasteiger partial charge is 0.305 e. The minimum Gasteiger partial charge on any atom is -0.466 e. The molecule has 0 rings (SSSR count). The van der Waals surface area contributed by atoms with Gasteiger partial charge in [-0.15, -0.1) is 0 Å². The third-order valence-electron chi connectivity index (χ3n) is 14.4. The Morgan fingerprint density at radius 1 is 0.400 bits per heavy atom. The summed E-state index contributed by atoms with van der Waals surface area (Å²) >= 11 is 0. The van der Waals surface area contributed by atoms with E-state index in [0.29, 0.717) is 19.4 Å². The summed E-state index contributed by atoms with van der Waals surface area (Å²) < 4.78 is 5.48. The van der Waals surface area contributed by atoms with Crippen molar-refractivity contribution in [3.63, 3.8) is 0 Å². The summed E-state index contributed by atoms with van der Waals surface area (Å²) in [6.07, 6.45) is 74.6. The van der Waals surface area contributed by atoms with Crippen LogP contribution in [-0.4, -0.2) is 47.4 Å². The average Bonchev–Trinajstić information content (AvgIpc) is 3.36. The Morgan fingerprint density at radius 2 is 0.714 bits per heavy atom. The summed E-state index contributed by atoms with van der Waals surface area (Å²) in [6.45, 7) is 4.87. The molecule has 0 aliphatic heterocycles. The van der Waals surface area contributed by atoms with Crippen molar-refractivity contribution >= 4 is 11.9 Å². The largest absolute Gasteiger partial charge is 0.466 e. The Bertz CT molecular complexity index is 1130. The Balaban J connectivity index is 3.48. The number of ether oxygens (including phenoxy) is 1. The highest BCUT2D eigenvalue weighted by Crippen LogP contribution is 2.17. The topological polar surface area (TPSA) is 95.9 Å². The summed E-state index contributed by atoms with van der Waals surface area (Å²) in [5, 5.41) is 23.2. The van der Waals surface area contributed by atoms with Crippen molar-refractivity contribution in [1.29, 1.82) is 0 Å². The van der Waals surface area contributed by atoms with Gasteiger partial charge >= 0.3 is 5.97 Å². The number of carbonyl (C=O) groups is 2. The number of allylic oxidation sites excluding steroid dienone is 5. The number of aliphatic hydroxyl groups is 2. The molecule has 0 aliphatic rings. The van der Waals surface area contributed by atoms with Crippen LogP contribution in [0.15, 0.2) is 36.5 Å². The Labute approximate surface area is 436 Å². The molecule has 0 spiro atoms. The van der Waals surface area contributed by atoms with E-state index >= 15 is 0 Å². The van der Waals surface area contributed by atoms with Crippen molar-refractivity contribution in [3.05, 3.63) is 36.5 Å². The molecule has 412 valence electrons. The molecule has 1 amide bonds. The van der Waals surface area contributed by atoms with Crippen molar-refractivity contribution < 1.29 is 24.5 Å². The highest BCUT2D eigenvalue weighted by molar-refractivity contribution is 5.76. The minimum atomic E-state index is -0.857. The van der Waals surface area contributed by atoms with Crippen molar-refractivity contribution in [1.82, 2.24) is 5.32 Å². The fraction of sp³-hybridized carbons (Fsp3) is 0.875. The summed E-state index contributed by atoms with van der Waals surface area (Å²) in [7, 11) is 0. The van der Waals surface area contributed by atoms with Gasteiger partial charge in [-0.25, -0.2) is 0 Å². The molecule has 6 heteroatoms. The van der Waals surface area contributed by atoms with Gasteiger partial charge < -0.3 is 20.3 Å². The van der Waals surface area contributed by atoms with Crippen molar-refractivity contribution in [2.75, 3.05) is 13.2 Å². The van der Waals surface area contributed by atoms with Crippen LogP contribution in [0.5, 0.6) is 0 Å². The van der Waals surface area contributed by atoms with Crippen molar-refractivity contribution in [3.8, 4) is 0 Å². The molecule has 6 nitrogen and oxygen atoms in total. The van der Waals surface area contributed by atoms with Gasteiger partial charge in [0, 0.05) is 12.8 Å². The van der Waals surface area contributed by atoms with Crippen LogP contribution in [0, 0.1) is 0 Å². The van der Waals surface area contributed by atoms with Gasteiger partial charge in [0.25, 0.3) is 0 Å². The van der Waals surface area contributed by atoms with Crippen LogP contribution in [0.2, 0.25) is 0 Å². The summed E-state index contributed by atoms with van der Waals surface area (Å²) in [5.74, 6) is -0.0987. The van der Waals surface area contributed by atoms with Gasteiger partial charge in [0.05, 0.1) is 25.4 Å². The second-order valence-corrected chi connectivity index (χ2v) is 21.4. The molecular formula is C64H121NO5. The van der Waals surface area contributed by atoms with E-state index in [1.54, 1.807) is 6.08 Å². The van der Waals surface area contributed by atoms with E-state index in [4.69, 9.17) is 4.74 Å². The maximum Gasteiger partial charge on any atom is 0.305 e. The molecule has 0 aliphatic carbocycles. The maximum absolute atomic E-state index is 12.5. The van der Waals surface area contributed by atoms with E-state index in [1.165, 1.54) is 244 Å². The van der Waals surface area contributed by atoms with Gasteiger partial charge in [0.15, 0.2) is 0 Å². The van der Waals surface area contributed by atoms with E-state index in [9.17, 15) is 19.8 Å². The lowest BCUT2D eigenvalue weighted by Gasteiger charge is -2.20. The van der Waals surface area contributed by atoms with Gasteiger partial charge in [0.2, 0.25) is 5.91 Å². The second-order valence-electron chi connectivity index (χ2n) is 21.4. The molecule has 3 N–H and O–H groups in total. The van der Waals surface area contributed by atoms with E-state index < -0.39 is 12.1 Å². The molecule has 0 aromatic heterocycles. The number of nitrogens with one attached hydrogen (secondary N) is 1. The summed E-state index contributed by atoms with van der Waals surface area (Å²) in [5.41, 5.74) is 0. The van der Waals surface area contributed by atoms with Crippen LogP contribution < -0.4 is 5.32 Å². The molecule has 0 radical (unpaired) electrons. The van der Waals surface area contributed by atoms with Crippen molar-refractivity contribution in [2.45, 2.75) is 347 Å². The third-order valence-corrected chi connectivity index (χ3v) is 14.4. The van der Waals surface area contributed by atoms with Gasteiger partial charge in [0.1, 0.15) is 0 Å². The fourth-order valence-electron chi connectivity index (χ4n) is 9.61. The lowest BCUT2D eigenvalue weighted by molar-refractivity contribution is -0.143. The van der Waals surface area contributed by atoms with Gasteiger partial charge in [-0.3, -0.25) is 9.59 Å². The molecule has 0 heterocycles. The molecule has 0 bridgehead atoms. The van der Waals surface area contributed by atoms with Crippen LogP contribution in [0.4, 0.5) is 0 Å². The number of carbonyl (C=O) groups excluding carboxylic acids is 2. The van der Waals surface area contributed by atoms with E-state index in [0.717, 1.165) is 64.2 Å². The van der Waals surface area contributed by atoms with Crippen LogP contribution in [-0.2, 0) is 14.3 Å². The fourth-order valence-corrected chi connectivity index (χ4v) is 9.61. The SMILES string of the molecule is CCCCCC/C=C\C/C=C\CCCCCCCCCC(=O)OCCCCCCCCCCCCCCC(=O)NC(CO)C(O)/C=C/CCCCCCCCCCCCCCCCCCCCCCC. The zero-order valence-electron chi connectivity index (χ0n) is 47.0. The second kappa shape index (κ2) is 59.6. The van der Waals surface area contributed by atoms with Gasteiger partial charge in [-0.1, -0.05) is 294 Å². The van der Waals surface area contributed by atoms with Gasteiger partial charge in [-0.05, 0) is 64.2 Å². The highest BCUT2D eigenvalue weighted by Gasteiger charge is 2.18. The molecule has 0 aromatic rings. The molecule has 70 heavy (non-hydrogen) atoms. The average molecular weight is 985 g/mol. The molecule has 0 aromatic carbocycles. The molecule has 0 saturated carbocycles. The predicted molar refractivity (Wildman–Crippen MR) is 306 cm³/mol. The third kappa shape index (κ3) is 55.4. The number of rotatable bonds is 58. The standard InChI is InChI=1S/C64H121NO5/c1-3-5-7-9-11-13-15-17-19-21-23-24-25-26-27-28-30-32-36-40-44-48-52-56-62(67)61(60-66)65-63(68)57-53-49-45-41-37-34-35-39-43-47-51-55-59-70-64(69)58-54-50-46-42-38-33-31-29-22-20-18-16-14-12-10-8-6-4-2/h14,16,20,22,52,56,61-62,66-67H,3-13,15,17-19,21,23-51,53-55,57-60H2,1-2H3,(H,65,68)/b16-14-,22-20-,56-52+. The van der Waals surface area contributed by atoms with E-state index in [-0.39, 0.29) is 18.5 Å². The number of unbranched alkanes of at least 4 members (excludes halogenated alkanes) is 43. The van der Waals surface area contributed by atoms with Gasteiger partial charge in [-0.2, -0.15) is 0 Å². The number of esters is 1. The number of aliphatic hydroxyl groups excluding tert-OH is 2. The van der Waals surface area contributed by atoms with Crippen LogP contribution in [0.25, 0.3) is 0 Å². The number of hydrogen-bond donors (Lipinski definition) is 3. The zero-order valence-corrected chi connectivity index (χ0v) is 47.0. The Kier molecular flexibility index (Phi) is 58.0. The molecular weight excluding hydrogens is 863 g/mol. The van der Waals surface area contributed by atoms with E-state index in [2.05, 4.69) is 43.5 Å². The van der Waals surface area contributed by atoms with E-state index in [1.807, 2.05) is 6.08 Å². The minimum absolute atomic E-state index is 0.0175. The van der Waals surface area contributed by atoms with Crippen molar-refractivity contribution in [2.24, 2.45) is 0 Å². The predicted octanol–water partition coefficient (Wildman–Crippen LogP) is 19.6. The normalized spacial score (nSPS) is 12.8. The first-order valence-electron chi connectivity index (χ1n) is 31.3. The zero-order chi connectivity index (χ0) is 50.7. The first-order valence-corrected chi connectivity index (χ1v) is 31.3. The first kappa shape index (κ1) is 68.1. The molecule has 2 atom stereocenters. The monoisotopic (exact) mass is 984 g/mol. The maximum atomic E-state index is 12.5. The lowest BCUT2D eigenvalue weighted by atomic mass is 10.0. The van der Waals surface area contributed by atoms with Crippen LogP contribution >= 0.6 is 0 Å². The number of amides is 1. The number of hydrogen-bond acceptors (Lipinski definition) is 5. The van der Waals surface area contributed by atoms with Crippen LogP contribution in [0.3, 0.4) is 0 Å². The highest BCUT2D eigenvalue weighted by atomic mass is 16.5. The summed E-state index contributed by atoms with van der Waals surface area (Å²) in [4.78, 5) is 24.6. The molecule has 0 fully saturated rings. The quantitative estimate of drug-likeness (QED) is 0.0321. The lowest BCUT2D eigenvalue weighted by Crippen LogP contribution is -2.45.